The summed E-state index contributed by atoms with van der Waals surface area (Å²) in [6, 6.07) is 100. The SMILES string of the molecule is [Au+3].[Au+3].[c-]1ccccc1-c1cccc(-c2[c-]cccc2)n1.[c-]1ccccc1-c1cccc(-c2[c-]cccc2)n1.c1ccc(P(CP(c2ccccc2)c2ccccc2)c2ccccc2)cc1. The van der Waals surface area contributed by atoms with E-state index in [1.54, 1.807) is 0 Å². The molecule has 10 rings (SSSR count). The summed E-state index contributed by atoms with van der Waals surface area (Å²) in [6.45, 7) is 0. The first-order valence-electron chi connectivity index (χ1n) is 20.9. The monoisotopic (exact) mass is 1240 g/mol. The van der Waals surface area contributed by atoms with Gasteiger partial charge in [-0.05, 0) is 59.8 Å². The van der Waals surface area contributed by atoms with Gasteiger partial charge in [-0.1, -0.05) is 158 Å². The Morgan fingerprint density at radius 2 is 0.492 bits per heavy atom. The van der Waals surface area contributed by atoms with Crippen molar-refractivity contribution in [1.82, 2.24) is 9.97 Å². The van der Waals surface area contributed by atoms with E-state index >= 15 is 0 Å². The molecule has 8 aromatic carbocycles. The third-order valence-corrected chi connectivity index (χ3v) is 15.9. The molecule has 0 bridgehead atoms. The minimum absolute atomic E-state index is 0. The van der Waals surface area contributed by atoms with E-state index in [1.165, 1.54) is 27.1 Å². The van der Waals surface area contributed by atoms with Crippen LogP contribution in [-0.2, 0) is 44.8 Å². The minimum Gasteiger partial charge on any atom is -0.345 e. The van der Waals surface area contributed by atoms with Gasteiger partial charge < -0.3 is 9.97 Å². The molecule has 0 saturated heterocycles. The van der Waals surface area contributed by atoms with Gasteiger partial charge in [-0.25, -0.2) is 0 Å². The topological polar surface area (TPSA) is 25.8 Å². The van der Waals surface area contributed by atoms with Crippen molar-refractivity contribution in [3.05, 3.63) is 279 Å². The Hall–Kier alpha value is -5.60. The summed E-state index contributed by atoms with van der Waals surface area (Å²) in [5.41, 5.74) is 7.78. The molecular formula is C59H44Au2N2P2+2. The van der Waals surface area contributed by atoms with Crippen LogP contribution in [0.2, 0.25) is 0 Å². The zero-order chi connectivity index (χ0) is 42.7. The van der Waals surface area contributed by atoms with Gasteiger partial charge in [0.1, 0.15) is 0 Å². The van der Waals surface area contributed by atoms with Gasteiger partial charge in [0.2, 0.25) is 0 Å². The molecule has 2 heterocycles. The Labute approximate surface area is 418 Å². The first-order chi connectivity index (χ1) is 31.3. The van der Waals surface area contributed by atoms with E-state index in [9.17, 15) is 0 Å². The summed E-state index contributed by atoms with van der Waals surface area (Å²) in [5, 5.41) is 5.83. The van der Waals surface area contributed by atoms with E-state index in [0.717, 1.165) is 45.0 Å². The van der Waals surface area contributed by atoms with Crippen LogP contribution in [0.3, 0.4) is 0 Å². The summed E-state index contributed by atoms with van der Waals surface area (Å²) in [7, 11) is -0.817. The molecule has 0 amide bonds. The van der Waals surface area contributed by atoms with Crippen molar-refractivity contribution in [3.63, 3.8) is 0 Å². The molecule has 10 aromatic rings. The van der Waals surface area contributed by atoms with Crippen LogP contribution in [0, 0.1) is 24.3 Å². The van der Waals surface area contributed by atoms with Gasteiger partial charge in [0.15, 0.2) is 0 Å². The minimum atomic E-state index is -0.409. The Bertz CT molecular complexity index is 2460. The molecule has 0 aliphatic carbocycles. The second kappa shape index (κ2) is 26.4. The van der Waals surface area contributed by atoms with Gasteiger partial charge in [0, 0.05) is 5.90 Å². The number of rotatable bonds is 10. The summed E-state index contributed by atoms with van der Waals surface area (Å²) in [4.78, 5) is 9.30. The molecule has 2 nitrogen and oxygen atoms in total. The van der Waals surface area contributed by atoms with Crippen LogP contribution in [0.1, 0.15) is 0 Å². The van der Waals surface area contributed by atoms with Gasteiger partial charge in [0.05, 0.1) is 0 Å². The van der Waals surface area contributed by atoms with E-state index < -0.39 is 15.8 Å². The van der Waals surface area contributed by atoms with Gasteiger partial charge in [0.25, 0.3) is 0 Å². The van der Waals surface area contributed by atoms with Crippen LogP contribution in [0.4, 0.5) is 0 Å². The Morgan fingerprint density at radius 3 is 0.708 bits per heavy atom. The maximum Gasteiger partial charge on any atom is 3.00 e. The van der Waals surface area contributed by atoms with Crippen LogP contribution in [0.5, 0.6) is 0 Å². The molecule has 0 unspecified atom stereocenters. The molecule has 2 aromatic heterocycles. The van der Waals surface area contributed by atoms with Crippen LogP contribution in [0.25, 0.3) is 45.0 Å². The fourth-order valence-electron chi connectivity index (χ4n) is 6.88. The first kappa shape index (κ1) is 48.8. The molecule has 0 saturated carbocycles. The standard InChI is InChI=1S/C25H22P2.2C17H11N.2Au/c1-5-13-22(14-6-1)26(23-15-7-2-8-16-23)21-27(24-17-9-3-10-18-24)25-19-11-4-12-20-25;2*1-3-8-14(9-4-1)16-12-7-13-17(18-16)15-10-5-2-6-11-15;;/h1-20H,21H2;2*1-8,10,12-13H;;/q;2*-2;2*+3. The van der Waals surface area contributed by atoms with Gasteiger partial charge >= 0.3 is 44.8 Å². The summed E-state index contributed by atoms with van der Waals surface area (Å²) in [6.07, 6.45) is 0. The normalized spacial score (nSPS) is 10.2. The van der Waals surface area contributed by atoms with E-state index in [0.29, 0.717) is 0 Å². The maximum atomic E-state index is 4.65. The average molecular weight is 1240 g/mol. The Balaban J connectivity index is 0.000000164. The number of hydrogen-bond donors (Lipinski definition) is 0. The third-order valence-electron chi connectivity index (χ3n) is 9.99. The van der Waals surface area contributed by atoms with Gasteiger partial charge in [-0.3, -0.25) is 0 Å². The van der Waals surface area contributed by atoms with E-state index in [2.05, 4.69) is 156 Å². The van der Waals surface area contributed by atoms with Crippen molar-refractivity contribution >= 4 is 37.1 Å². The molecule has 0 atom stereocenters. The van der Waals surface area contributed by atoms with Crippen molar-refractivity contribution in [2.75, 3.05) is 5.90 Å². The predicted octanol–water partition coefficient (Wildman–Crippen LogP) is 13.2. The number of nitrogens with zero attached hydrogens (tertiary/aromatic N) is 2. The molecule has 0 aliphatic heterocycles. The van der Waals surface area contributed by atoms with Crippen molar-refractivity contribution in [3.8, 4) is 45.0 Å². The average Bonchev–Trinajstić information content (AvgIpc) is 3.39. The largest absolute Gasteiger partial charge is 3.00 e. The molecule has 6 heteroatoms. The van der Waals surface area contributed by atoms with E-state index in [1.807, 2.05) is 133 Å². The van der Waals surface area contributed by atoms with Crippen molar-refractivity contribution < 1.29 is 44.8 Å². The summed E-state index contributed by atoms with van der Waals surface area (Å²) >= 11 is 0. The van der Waals surface area contributed by atoms with Crippen molar-refractivity contribution in [2.45, 2.75) is 0 Å². The predicted molar refractivity (Wildman–Crippen MR) is 269 cm³/mol. The molecule has 0 spiro atoms. The Morgan fingerprint density at radius 1 is 0.262 bits per heavy atom. The quantitative estimate of drug-likeness (QED) is 0.0775. The fraction of sp³-hybridized carbons (Fsp3) is 0.0169. The van der Waals surface area contributed by atoms with Crippen LogP contribution in [0.15, 0.2) is 255 Å². The van der Waals surface area contributed by atoms with E-state index in [-0.39, 0.29) is 44.8 Å². The molecule has 0 N–H and O–H groups in total. The first-order valence-corrected chi connectivity index (χ1v) is 23.9. The van der Waals surface area contributed by atoms with Crippen LogP contribution >= 0.6 is 15.8 Å². The molecular weight excluding hydrogens is 1190 g/mol. The number of hydrogen-bond acceptors (Lipinski definition) is 2. The summed E-state index contributed by atoms with van der Waals surface area (Å²) in [5.74, 6) is 1.17. The summed E-state index contributed by atoms with van der Waals surface area (Å²) < 4.78 is 0. The molecule has 0 radical (unpaired) electrons. The van der Waals surface area contributed by atoms with Crippen LogP contribution < -0.4 is 21.2 Å². The van der Waals surface area contributed by atoms with Gasteiger partial charge in [-0.2, -0.15) is 0 Å². The number of aromatic nitrogens is 2. The second-order valence-electron chi connectivity index (χ2n) is 14.3. The van der Waals surface area contributed by atoms with Crippen LogP contribution in [-0.4, -0.2) is 15.9 Å². The molecule has 320 valence electrons. The second-order valence-corrected chi connectivity index (χ2v) is 19.2. The number of benzene rings is 8. The molecule has 65 heavy (non-hydrogen) atoms. The molecule has 0 aliphatic rings. The third kappa shape index (κ3) is 14.2. The van der Waals surface area contributed by atoms with Gasteiger partial charge in [-0.15, -0.1) is 144 Å². The van der Waals surface area contributed by atoms with E-state index in [4.69, 9.17) is 0 Å². The fourth-order valence-corrected chi connectivity index (χ4v) is 13.3. The zero-order valence-electron chi connectivity index (χ0n) is 35.3. The maximum absolute atomic E-state index is 4.65. The van der Waals surface area contributed by atoms with Crippen molar-refractivity contribution in [2.24, 2.45) is 0 Å². The van der Waals surface area contributed by atoms with Crippen molar-refractivity contribution in [1.29, 1.82) is 0 Å². The zero-order valence-corrected chi connectivity index (χ0v) is 41.5. The smallest absolute Gasteiger partial charge is 0.345 e. The number of pyridine rings is 2. The molecule has 0 fully saturated rings. The Kier molecular flexibility index (Phi) is 19.8.